The highest BCUT2D eigenvalue weighted by atomic mass is 35.5. The predicted molar refractivity (Wildman–Crippen MR) is 120 cm³/mol. The maximum atomic E-state index is 12.1. The molecule has 0 N–H and O–H groups in total. The van der Waals surface area contributed by atoms with Crippen LogP contribution in [0.2, 0.25) is 5.02 Å². The molecule has 3 heterocycles. The summed E-state index contributed by atoms with van der Waals surface area (Å²) in [6, 6.07) is 4.26. The number of hydrogen-bond acceptors (Lipinski definition) is 4. The van der Waals surface area contributed by atoms with Gasteiger partial charge in [0.25, 0.3) is 0 Å². The Labute approximate surface area is 182 Å². The molecule has 0 spiro atoms. The molecular formula is C23H27ClN4O2. The van der Waals surface area contributed by atoms with Crippen molar-refractivity contribution in [1.29, 1.82) is 0 Å². The minimum Gasteiger partial charge on any atom is -0.381 e. The third kappa shape index (κ3) is 3.82. The molecule has 158 valence electrons. The lowest BCUT2D eigenvalue weighted by molar-refractivity contribution is -0.129. The van der Waals surface area contributed by atoms with Crippen LogP contribution in [-0.2, 0) is 22.5 Å². The average Bonchev–Trinajstić information content (AvgIpc) is 3.13. The fourth-order valence-electron chi connectivity index (χ4n) is 4.45. The van der Waals surface area contributed by atoms with E-state index in [-0.39, 0.29) is 5.91 Å². The van der Waals surface area contributed by atoms with Gasteiger partial charge < -0.3 is 9.64 Å². The summed E-state index contributed by atoms with van der Waals surface area (Å²) < 4.78 is 7.77. The summed E-state index contributed by atoms with van der Waals surface area (Å²) >= 11 is 6.45. The van der Waals surface area contributed by atoms with Crippen LogP contribution in [0.1, 0.15) is 48.2 Å². The van der Waals surface area contributed by atoms with Crippen molar-refractivity contribution in [2.45, 2.75) is 45.7 Å². The minimum atomic E-state index is 0.0962. The second-order valence-electron chi connectivity index (χ2n) is 7.88. The van der Waals surface area contributed by atoms with Gasteiger partial charge >= 0.3 is 0 Å². The Balaban J connectivity index is 1.86. The molecule has 30 heavy (non-hydrogen) atoms. The van der Waals surface area contributed by atoms with Crippen LogP contribution in [0.3, 0.4) is 0 Å². The van der Waals surface area contributed by atoms with Gasteiger partial charge in [-0.05, 0) is 49.8 Å². The highest BCUT2D eigenvalue weighted by Gasteiger charge is 2.30. The van der Waals surface area contributed by atoms with E-state index in [4.69, 9.17) is 21.4 Å². The van der Waals surface area contributed by atoms with E-state index >= 15 is 0 Å². The van der Waals surface area contributed by atoms with Crippen molar-refractivity contribution < 1.29 is 9.53 Å². The number of aromatic nitrogens is 2. The molecular weight excluding hydrogens is 400 g/mol. The Morgan fingerprint density at radius 2 is 2.13 bits per heavy atom. The van der Waals surface area contributed by atoms with Gasteiger partial charge in [0.15, 0.2) is 0 Å². The zero-order valence-electron chi connectivity index (χ0n) is 17.5. The zero-order chi connectivity index (χ0) is 21.3. The van der Waals surface area contributed by atoms with Gasteiger partial charge in [0.2, 0.25) is 5.91 Å². The number of benzene rings is 1. The predicted octanol–water partition coefficient (Wildman–Crippen LogP) is 4.44. The Kier molecular flexibility index (Phi) is 6.06. The van der Waals surface area contributed by atoms with Gasteiger partial charge in [-0.15, -0.1) is 0 Å². The van der Waals surface area contributed by atoms with Crippen molar-refractivity contribution in [3.05, 3.63) is 45.7 Å². The largest absolute Gasteiger partial charge is 0.381 e. The van der Waals surface area contributed by atoms with Crippen molar-refractivity contribution in [2.75, 3.05) is 19.8 Å². The Morgan fingerprint density at radius 3 is 2.83 bits per heavy atom. The molecule has 0 saturated carbocycles. The summed E-state index contributed by atoms with van der Waals surface area (Å²) in [6.07, 6.45) is 6.26. The van der Waals surface area contributed by atoms with E-state index in [2.05, 4.69) is 23.3 Å². The number of carbonyl (C=O) groups is 1. The minimum absolute atomic E-state index is 0.0962. The summed E-state index contributed by atoms with van der Waals surface area (Å²) in [5.41, 5.74) is 6.32. The van der Waals surface area contributed by atoms with Crippen LogP contribution in [0.5, 0.6) is 0 Å². The number of fused-ring (bicyclic) bond motifs is 1. The fraction of sp³-hybridized carbons (Fsp3) is 0.435. The van der Waals surface area contributed by atoms with E-state index in [0.29, 0.717) is 17.6 Å². The molecule has 1 aromatic heterocycles. The van der Waals surface area contributed by atoms with Gasteiger partial charge in [-0.25, -0.2) is 0 Å². The maximum absolute atomic E-state index is 12.1. The quantitative estimate of drug-likeness (QED) is 0.679. The summed E-state index contributed by atoms with van der Waals surface area (Å²) in [5.74, 6) is 0.0962. The van der Waals surface area contributed by atoms with Crippen molar-refractivity contribution >= 4 is 30.3 Å². The van der Waals surface area contributed by atoms with Crippen molar-refractivity contribution in [3.63, 3.8) is 0 Å². The lowest BCUT2D eigenvalue weighted by atomic mass is 9.95. The Bertz CT molecular complexity index is 1010. The van der Waals surface area contributed by atoms with Gasteiger partial charge in [0.05, 0.1) is 11.7 Å². The molecule has 4 rings (SSSR count). The highest BCUT2D eigenvalue weighted by molar-refractivity contribution is 6.32. The fourth-order valence-corrected chi connectivity index (χ4v) is 4.71. The van der Waals surface area contributed by atoms with Gasteiger partial charge in [-0.2, -0.15) is 5.10 Å². The van der Waals surface area contributed by atoms with Gasteiger partial charge in [-0.3, -0.25) is 14.5 Å². The number of aliphatic imine (C=N–C) groups is 1. The van der Waals surface area contributed by atoms with Crippen molar-refractivity contribution in [1.82, 2.24) is 14.7 Å². The van der Waals surface area contributed by atoms with Gasteiger partial charge in [0, 0.05) is 67.7 Å². The van der Waals surface area contributed by atoms with Gasteiger partial charge in [0.1, 0.15) is 0 Å². The molecule has 7 heteroatoms. The maximum Gasteiger partial charge on any atom is 0.219 e. The first kappa shape index (κ1) is 20.8. The molecule has 2 aliphatic heterocycles. The molecule has 1 fully saturated rings. The number of carbonyl (C=O) groups excluding carboxylic acids is 1. The Morgan fingerprint density at radius 1 is 1.37 bits per heavy atom. The van der Waals surface area contributed by atoms with Crippen LogP contribution in [0, 0.1) is 6.92 Å². The Hall–Kier alpha value is -2.44. The van der Waals surface area contributed by atoms with E-state index < -0.39 is 0 Å². The standard InChI is InChI=1S/C23H27ClN4O2/c1-15-18(6-10-25-3)21(24)5-4-19(15)23-20-14-27(16(2)29)11-7-22(20)28(26-23)17-8-12-30-13-9-17/h4-6,10,17H,3,7-9,11-14H2,1-2H3/b10-6-. The first-order valence-corrected chi connectivity index (χ1v) is 10.7. The number of nitrogens with zero attached hydrogens (tertiary/aromatic N) is 4. The zero-order valence-corrected chi connectivity index (χ0v) is 18.3. The summed E-state index contributed by atoms with van der Waals surface area (Å²) in [7, 11) is 0. The molecule has 6 nitrogen and oxygen atoms in total. The summed E-state index contributed by atoms with van der Waals surface area (Å²) in [4.78, 5) is 17.8. The smallest absolute Gasteiger partial charge is 0.219 e. The molecule has 1 amide bonds. The average molecular weight is 427 g/mol. The molecule has 2 aromatic rings. The molecule has 0 atom stereocenters. The van der Waals surface area contributed by atoms with Crippen LogP contribution in [0.25, 0.3) is 17.3 Å². The first-order valence-electron chi connectivity index (χ1n) is 10.4. The number of amides is 1. The third-order valence-electron chi connectivity index (χ3n) is 6.13. The van der Waals surface area contributed by atoms with E-state index in [9.17, 15) is 4.79 Å². The van der Waals surface area contributed by atoms with Crippen LogP contribution in [0.4, 0.5) is 0 Å². The SMILES string of the molecule is C=N/C=C\c1c(Cl)ccc(-c2nn(C3CCOCC3)c3c2CN(C(C)=O)CC3)c1C. The van der Waals surface area contributed by atoms with Crippen LogP contribution < -0.4 is 0 Å². The molecule has 0 aliphatic carbocycles. The summed E-state index contributed by atoms with van der Waals surface area (Å²) in [5, 5.41) is 5.78. The van der Waals surface area contributed by atoms with E-state index in [1.807, 2.05) is 23.1 Å². The molecule has 0 radical (unpaired) electrons. The van der Waals surface area contributed by atoms with Crippen LogP contribution in [0.15, 0.2) is 23.3 Å². The van der Waals surface area contributed by atoms with Gasteiger partial charge in [-0.1, -0.05) is 17.7 Å². The molecule has 1 saturated heterocycles. The second-order valence-corrected chi connectivity index (χ2v) is 8.29. The topological polar surface area (TPSA) is 59.7 Å². The van der Waals surface area contributed by atoms with E-state index in [1.165, 1.54) is 5.69 Å². The molecule has 2 aliphatic rings. The summed E-state index contributed by atoms with van der Waals surface area (Å²) in [6.45, 7) is 10.0. The molecule has 1 aromatic carbocycles. The van der Waals surface area contributed by atoms with E-state index in [0.717, 1.165) is 67.0 Å². The second kappa shape index (κ2) is 8.74. The number of halogens is 1. The third-order valence-corrected chi connectivity index (χ3v) is 6.46. The molecule has 0 bridgehead atoms. The van der Waals surface area contributed by atoms with Crippen LogP contribution >= 0.6 is 11.6 Å². The van der Waals surface area contributed by atoms with Crippen molar-refractivity contribution in [2.24, 2.45) is 4.99 Å². The lowest BCUT2D eigenvalue weighted by Crippen LogP contribution is -2.35. The van der Waals surface area contributed by atoms with Crippen molar-refractivity contribution in [3.8, 4) is 11.3 Å². The lowest BCUT2D eigenvalue weighted by Gasteiger charge is -2.29. The highest BCUT2D eigenvalue weighted by Crippen LogP contribution is 2.37. The number of hydrogen-bond donors (Lipinski definition) is 0. The first-order chi connectivity index (χ1) is 14.5. The monoisotopic (exact) mass is 426 g/mol. The number of rotatable bonds is 4. The number of ether oxygens (including phenoxy) is 1. The van der Waals surface area contributed by atoms with E-state index in [1.54, 1.807) is 13.1 Å². The molecule has 0 unspecified atom stereocenters. The normalized spacial score (nSPS) is 17.4. The van der Waals surface area contributed by atoms with Crippen LogP contribution in [-0.4, -0.2) is 47.1 Å².